The average molecular weight is 314 g/mol. The maximum Gasteiger partial charge on any atom is 0.354 e. The van der Waals surface area contributed by atoms with Crippen molar-refractivity contribution in [2.45, 2.75) is 18.8 Å². The van der Waals surface area contributed by atoms with Crippen LogP contribution in [-0.2, 0) is 0 Å². The van der Waals surface area contributed by atoms with Gasteiger partial charge in [-0.2, -0.15) is 5.10 Å². The van der Waals surface area contributed by atoms with Gasteiger partial charge in [0.25, 0.3) is 0 Å². The van der Waals surface area contributed by atoms with Crippen molar-refractivity contribution in [3.8, 4) is 11.1 Å². The number of halogens is 1. The van der Waals surface area contributed by atoms with Crippen molar-refractivity contribution in [2.24, 2.45) is 0 Å². The first-order valence-corrected chi connectivity index (χ1v) is 7.39. The molecule has 1 saturated carbocycles. The van der Waals surface area contributed by atoms with E-state index in [1.807, 2.05) is 12.1 Å². The fourth-order valence-electron chi connectivity index (χ4n) is 2.56. The monoisotopic (exact) mass is 313 g/mol. The minimum absolute atomic E-state index is 0.145. The minimum Gasteiger partial charge on any atom is -0.477 e. The number of benzene rings is 1. The van der Waals surface area contributed by atoms with Crippen molar-refractivity contribution in [1.82, 2.24) is 14.6 Å². The van der Waals surface area contributed by atoms with Crippen LogP contribution in [0.4, 0.5) is 0 Å². The summed E-state index contributed by atoms with van der Waals surface area (Å²) in [6.45, 7) is 0. The molecule has 5 nitrogen and oxygen atoms in total. The van der Waals surface area contributed by atoms with E-state index in [0.717, 1.165) is 29.7 Å². The van der Waals surface area contributed by atoms with E-state index in [2.05, 4.69) is 10.1 Å². The van der Waals surface area contributed by atoms with E-state index < -0.39 is 5.97 Å². The number of rotatable bonds is 3. The lowest BCUT2D eigenvalue weighted by molar-refractivity contribution is 0.0687. The Morgan fingerprint density at radius 1 is 1.27 bits per heavy atom. The maximum atomic E-state index is 11.5. The summed E-state index contributed by atoms with van der Waals surface area (Å²) < 4.78 is 1.39. The summed E-state index contributed by atoms with van der Waals surface area (Å²) in [5, 5.41) is 14.3. The highest BCUT2D eigenvalue weighted by Crippen LogP contribution is 2.40. The molecule has 0 saturated heterocycles. The molecule has 22 heavy (non-hydrogen) atoms. The normalized spacial score (nSPS) is 14.4. The SMILES string of the molecule is O=C(O)c1cc(C2CC2)nc2c(-c3ccc(Cl)cc3)cnn12. The Morgan fingerprint density at radius 3 is 2.64 bits per heavy atom. The molecule has 0 unspecified atom stereocenters. The zero-order valence-electron chi connectivity index (χ0n) is 11.5. The van der Waals surface area contributed by atoms with Crippen LogP contribution in [0.5, 0.6) is 0 Å². The summed E-state index contributed by atoms with van der Waals surface area (Å²) >= 11 is 5.92. The molecule has 4 rings (SSSR count). The van der Waals surface area contributed by atoms with Crippen molar-refractivity contribution in [2.75, 3.05) is 0 Å². The van der Waals surface area contributed by atoms with Crippen LogP contribution < -0.4 is 0 Å². The van der Waals surface area contributed by atoms with Crippen LogP contribution in [-0.4, -0.2) is 25.7 Å². The number of carboxylic acids is 1. The zero-order chi connectivity index (χ0) is 15.3. The number of fused-ring (bicyclic) bond motifs is 1. The molecule has 1 aliphatic rings. The van der Waals surface area contributed by atoms with Crippen molar-refractivity contribution >= 4 is 23.2 Å². The maximum absolute atomic E-state index is 11.5. The van der Waals surface area contributed by atoms with Crippen LogP contribution in [0, 0.1) is 0 Å². The molecule has 0 aliphatic heterocycles. The summed E-state index contributed by atoms with van der Waals surface area (Å²) in [5.41, 5.74) is 3.27. The van der Waals surface area contributed by atoms with Gasteiger partial charge < -0.3 is 5.11 Å². The molecular weight excluding hydrogens is 302 g/mol. The van der Waals surface area contributed by atoms with Crippen LogP contribution >= 0.6 is 11.6 Å². The highest BCUT2D eigenvalue weighted by atomic mass is 35.5. The molecule has 2 heterocycles. The molecule has 1 fully saturated rings. The van der Waals surface area contributed by atoms with Gasteiger partial charge in [0.15, 0.2) is 11.3 Å². The van der Waals surface area contributed by atoms with Crippen LogP contribution in [0.1, 0.15) is 34.9 Å². The lowest BCUT2D eigenvalue weighted by Gasteiger charge is -2.05. The highest BCUT2D eigenvalue weighted by molar-refractivity contribution is 6.30. The van der Waals surface area contributed by atoms with Gasteiger partial charge in [0.05, 0.1) is 6.20 Å². The molecule has 110 valence electrons. The second kappa shape index (κ2) is 4.81. The predicted molar refractivity (Wildman–Crippen MR) is 82.4 cm³/mol. The van der Waals surface area contributed by atoms with Gasteiger partial charge >= 0.3 is 5.97 Å². The van der Waals surface area contributed by atoms with Gasteiger partial charge in [0.1, 0.15) is 0 Å². The first-order chi connectivity index (χ1) is 10.6. The molecule has 0 radical (unpaired) electrons. The molecule has 0 bridgehead atoms. The van der Waals surface area contributed by atoms with Gasteiger partial charge in [-0.05, 0) is 36.6 Å². The van der Waals surface area contributed by atoms with E-state index >= 15 is 0 Å². The van der Waals surface area contributed by atoms with E-state index in [1.165, 1.54) is 4.52 Å². The fraction of sp³-hybridized carbons (Fsp3) is 0.188. The lowest BCUT2D eigenvalue weighted by Crippen LogP contribution is -2.09. The highest BCUT2D eigenvalue weighted by Gasteiger charge is 2.28. The molecule has 6 heteroatoms. The van der Waals surface area contributed by atoms with Crippen LogP contribution in [0.15, 0.2) is 36.5 Å². The summed E-state index contributed by atoms with van der Waals surface area (Å²) in [6, 6.07) is 8.98. The van der Waals surface area contributed by atoms with E-state index in [1.54, 1.807) is 24.4 Å². The van der Waals surface area contributed by atoms with E-state index in [9.17, 15) is 9.90 Å². The summed E-state index contributed by atoms with van der Waals surface area (Å²) in [7, 11) is 0. The van der Waals surface area contributed by atoms with Gasteiger partial charge in [-0.3, -0.25) is 0 Å². The Morgan fingerprint density at radius 2 is 2.00 bits per heavy atom. The van der Waals surface area contributed by atoms with E-state index in [-0.39, 0.29) is 5.69 Å². The quantitative estimate of drug-likeness (QED) is 0.802. The Labute approximate surface area is 131 Å². The van der Waals surface area contributed by atoms with Crippen molar-refractivity contribution in [3.63, 3.8) is 0 Å². The predicted octanol–water partition coefficient (Wildman–Crippen LogP) is 3.63. The number of nitrogens with zero attached hydrogens (tertiary/aromatic N) is 3. The second-order valence-electron chi connectivity index (χ2n) is 5.45. The third-order valence-corrected chi connectivity index (χ3v) is 4.11. The molecular formula is C16H12ClN3O2. The first kappa shape index (κ1) is 13.3. The standard InChI is InChI=1S/C16H12ClN3O2/c17-11-5-3-9(4-6-11)12-8-18-20-14(16(21)22)7-13(10-1-2-10)19-15(12)20/h3-8,10H,1-2H2,(H,21,22). The number of aromatic carboxylic acids is 1. The van der Waals surface area contributed by atoms with Crippen molar-refractivity contribution < 1.29 is 9.90 Å². The number of hydrogen-bond acceptors (Lipinski definition) is 3. The van der Waals surface area contributed by atoms with Crippen molar-refractivity contribution in [1.29, 1.82) is 0 Å². The Bertz CT molecular complexity index is 882. The molecule has 0 spiro atoms. The van der Waals surface area contributed by atoms with E-state index in [4.69, 9.17) is 11.6 Å². The molecule has 1 aliphatic carbocycles. The molecule has 0 amide bonds. The summed E-state index contributed by atoms with van der Waals surface area (Å²) in [5.74, 6) is -0.629. The van der Waals surface area contributed by atoms with Crippen molar-refractivity contribution in [3.05, 3.63) is 52.9 Å². The van der Waals surface area contributed by atoms with Crippen LogP contribution in [0.2, 0.25) is 5.02 Å². The summed E-state index contributed by atoms with van der Waals surface area (Å²) in [6.07, 6.45) is 3.77. The zero-order valence-corrected chi connectivity index (χ0v) is 12.3. The Kier molecular flexibility index (Phi) is 2.90. The fourth-order valence-corrected chi connectivity index (χ4v) is 2.68. The van der Waals surface area contributed by atoms with Gasteiger partial charge in [0, 0.05) is 22.2 Å². The van der Waals surface area contributed by atoms with Crippen LogP contribution in [0.3, 0.4) is 0 Å². The molecule has 3 aromatic rings. The van der Waals surface area contributed by atoms with Gasteiger partial charge in [-0.25, -0.2) is 14.3 Å². The van der Waals surface area contributed by atoms with Gasteiger partial charge in [-0.15, -0.1) is 0 Å². The smallest absolute Gasteiger partial charge is 0.354 e. The molecule has 0 atom stereocenters. The molecule has 2 aromatic heterocycles. The average Bonchev–Trinajstić information content (AvgIpc) is 3.27. The van der Waals surface area contributed by atoms with Crippen LogP contribution in [0.25, 0.3) is 16.8 Å². The molecule has 1 aromatic carbocycles. The third-order valence-electron chi connectivity index (χ3n) is 3.86. The van der Waals surface area contributed by atoms with Gasteiger partial charge in [0.2, 0.25) is 0 Å². The number of carboxylic acid groups (broad SMARTS) is 1. The Balaban J connectivity index is 1.96. The second-order valence-corrected chi connectivity index (χ2v) is 5.88. The summed E-state index contributed by atoms with van der Waals surface area (Å²) in [4.78, 5) is 16.1. The largest absolute Gasteiger partial charge is 0.477 e. The minimum atomic E-state index is -1.000. The lowest BCUT2D eigenvalue weighted by atomic mass is 10.1. The third kappa shape index (κ3) is 2.14. The Hall–Kier alpha value is -2.40. The number of hydrogen-bond donors (Lipinski definition) is 1. The number of aromatic nitrogens is 3. The number of carbonyl (C=O) groups is 1. The topological polar surface area (TPSA) is 67.5 Å². The van der Waals surface area contributed by atoms with Gasteiger partial charge in [-0.1, -0.05) is 23.7 Å². The van der Waals surface area contributed by atoms with E-state index in [0.29, 0.717) is 16.6 Å². The first-order valence-electron chi connectivity index (χ1n) is 7.01. The molecule has 1 N–H and O–H groups in total.